The van der Waals surface area contributed by atoms with Crippen molar-refractivity contribution in [2.75, 3.05) is 0 Å². The maximum absolute atomic E-state index is 11.5. The lowest BCUT2D eigenvalue weighted by molar-refractivity contribution is -0.131. The predicted octanol–water partition coefficient (Wildman–Crippen LogP) is 3.07. The Bertz CT molecular complexity index is 850. The van der Waals surface area contributed by atoms with Gasteiger partial charge >= 0.3 is 5.97 Å². The highest BCUT2D eigenvalue weighted by molar-refractivity contribution is 8.04. The Hall–Kier alpha value is -2.54. The van der Waals surface area contributed by atoms with Crippen LogP contribution in [0.3, 0.4) is 0 Å². The molecule has 3 N–H and O–H groups in total. The minimum Gasteiger partial charge on any atom is -0.477 e. The van der Waals surface area contributed by atoms with E-state index in [4.69, 9.17) is 0 Å². The molecule has 0 unspecified atom stereocenters. The first kappa shape index (κ1) is 14.4. The second-order valence-electron chi connectivity index (χ2n) is 4.62. The number of thioether (sulfide) groups is 1. The first-order valence-electron chi connectivity index (χ1n) is 6.77. The van der Waals surface area contributed by atoms with Gasteiger partial charge in [0.25, 0.3) is 0 Å². The average molecular weight is 314 g/mol. The molecule has 0 radical (unpaired) electrons. The fourth-order valence-corrected chi connectivity index (χ4v) is 2.79. The second kappa shape index (κ2) is 6.07. The van der Waals surface area contributed by atoms with E-state index in [2.05, 4.69) is 20.2 Å². The highest BCUT2D eigenvalue weighted by Gasteiger charge is 2.14. The second-order valence-corrected chi connectivity index (χ2v) is 5.63. The van der Waals surface area contributed by atoms with E-state index in [0.29, 0.717) is 5.16 Å². The molecule has 0 aliphatic heterocycles. The van der Waals surface area contributed by atoms with E-state index in [1.807, 2.05) is 31.2 Å². The topological polar surface area (TPSA) is 94.7 Å². The lowest BCUT2D eigenvalue weighted by Crippen LogP contribution is -1.97. The Morgan fingerprint density at radius 3 is 2.95 bits per heavy atom. The molecular weight excluding hydrogens is 300 g/mol. The predicted molar refractivity (Wildman–Crippen MR) is 85.5 cm³/mol. The maximum Gasteiger partial charge on any atom is 0.342 e. The quantitative estimate of drug-likeness (QED) is 0.497. The summed E-state index contributed by atoms with van der Waals surface area (Å²) in [5.41, 5.74) is 1.79. The number of benzene rings is 1. The summed E-state index contributed by atoms with van der Waals surface area (Å²) in [4.78, 5) is 19.0. The number of hydrogen-bond donors (Lipinski definition) is 3. The van der Waals surface area contributed by atoms with Crippen molar-refractivity contribution in [1.82, 2.24) is 20.2 Å². The van der Waals surface area contributed by atoms with Crippen molar-refractivity contribution < 1.29 is 9.90 Å². The molecule has 112 valence electrons. The minimum absolute atomic E-state index is 0.173. The van der Waals surface area contributed by atoms with Crippen molar-refractivity contribution in [2.24, 2.45) is 0 Å². The molecule has 7 heteroatoms. The van der Waals surface area contributed by atoms with Gasteiger partial charge in [0.05, 0.1) is 0 Å². The summed E-state index contributed by atoms with van der Waals surface area (Å²) in [7, 11) is 0. The molecule has 22 heavy (non-hydrogen) atoms. The van der Waals surface area contributed by atoms with Crippen LogP contribution < -0.4 is 0 Å². The maximum atomic E-state index is 11.5. The highest BCUT2D eigenvalue weighted by Crippen LogP contribution is 2.28. The minimum atomic E-state index is -1.00. The van der Waals surface area contributed by atoms with Crippen LogP contribution in [-0.4, -0.2) is 31.2 Å². The number of aromatic nitrogens is 4. The van der Waals surface area contributed by atoms with E-state index >= 15 is 0 Å². The molecule has 0 aliphatic carbocycles. The van der Waals surface area contributed by atoms with E-state index < -0.39 is 5.97 Å². The highest BCUT2D eigenvalue weighted by atomic mass is 32.2. The number of rotatable bonds is 5. The van der Waals surface area contributed by atoms with Crippen molar-refractivity contribution in [3.63, 3.8) is 0 Å². The molecule has 0 saturated carbocycles. The Kier molecular flexibility index (Phi) is 3.97. The zero-order valence-corrected chi connectivity index (χ0v) is 12.6. The van der Waals surface area contributed by atoms with Gasteiger partial charge in [0.1, 0.15) is 10.7 Å². The van der Waals surface area contributed by atoms with Gasteiger partial charge in [-0.2, -0.15) is 0 Å². The van der Waals surface area contributed by atoms with Crippen LogP contribution in [0.25, 0.3) is 17.0 Å². The van der Waals surface area contributed by atoms with Crippen LogP contribution in [0.5, 0.6) is 0 Å². The molecule has 0 amide bonds. The number of nitrogens with one attached hydrogen (secondary N) is 2. The summed E-state index contributed by atoms with van der Waals surface area (Å²) in [6, 6.07) is 7.75. The van der Waals surface area contributed by atoms with Crippen LogP contribution >= 0.6 is 11.8 Å². The van der Waals surface area contributed by atoms with Gasteiger partial charge in [-0.05, 0) is 23.9 Å². The fourth-order valence-electron chi connectivity index (χ4n) is 2.07. The van der Waals surface area contributed by atoms with Gasteiger partial charge in [-0.1, -0.05) is 25.1 Å². The Morgan fingerprint density at radius 2 is 2.23 bits per heavy atom. The number of H-pyrrole nitrogens is 2. The van der Waals surface area contributed by atoms with Crippen molar-refractivity contribution in [3.05, 3.63) is 46.8 Å². The molecule has 2 aromatic heterocycles. The van der Waals surface area contributed by atoms with Crippen molar-refractivity contribution in [2.45, 2.75) is 18.5 Å². The van der Waals surface area contributed by atoms with Gasteiger partial charge in [0, 0.05) is 29.1 Å². The van der Waals surface area contributed by atoms with Crippen LogP contribution in [0.4, 0.5) is 0 Å². The zero-order chi connectivity index (χ0) is 15.5. The number of para-hydroxylation sites is 1. The molecule has 0 aliphatic rings. The number of aryl methyl sites for hydroxylation is 1. The number of aliphatic carboxylic acids is 1. The van der Waals surface area contributed by atoms with Crippen LogP contribution in [0.15, 0.2) is 40.5 Å². The lowest BCUT2D eigenvalue weighted by Gasteiger charge is -1.98. The largest absolute Gasteiger partial charge is 0.477 e. The van der Waals surface area contributed by atoms with E-state index in [9.17, 15) is 9.90 Å². The SMILES string of the molecule is CCc1nc(S/C(=C\c2c[nH]c3ccccc23)C(=O)O)n[nH]1. The number of aromatic amines is 2. The Morgan fingerprint density at radius 1 is 1.41 bits per heavy atom. The first-order chi connectivity index (χ1) is 10.7. The number of fused-ring (bicyclic) bond motifs is 1. The van der Waals surface area contributed by atoms with Crippen LogP contribution in [0, 0.1) is 0 Å². The van der Waals surface area contributed by atoms with E-state index in [1.165, 1.54) is 0 Å². The molecule has 0 atom stereocenters. The van der Waals surface area contributed by atoms with Gasteiger partial charge < -0.3 is 10.1 Å². The summed E-state index contributed by atoms with van der Waals surface area (Å²) in [5, 5.41) is 17.6. The molecule has 6 nitrogen and oxygen atoms in total. The molecule has 0 spiro atoms. The molecule has 2 heterocycles. The normalized spacial score (nSPS) is 12.0. The lowest BCUT2D eigenvalue weighted by atomic mass is 10.1. The third kappa shape index (κ3) is 2.89. The number of hydrogen-bond acceptors (Lipinski definition) is 4. The first-order valence-corrected chi connectivity index (χ1v) is 7.59. The van der Waals surface area contributed by atoms with Crippen molar-refractivity contribution in [3.8, 4) is 0 Å². The number of carboxylic acid groups (broad SMARTS) is 1. The summed E-state index contributed by atoms with van der Waals surface area (Å²) in [6.07, 6.45) is 4.15. The molecule has 0 bridgehead atoms. The molecule has 0 fully saturated rings. The molecule has 0 saturated heterocycles. The van der Waals surface area contributed by atoms with Crippen LogP contribution in [0.1, 0.15) is 18.3 Å². The van der Waals surface area contributed by atoms with Crippen LogP contribution in [-0.2, 0) is 11.2 Å². The van der Waals surface area contributed by atoms with Gasteiger partial charge in [-0.15, -0.1) is 5.10 Å². The van der Waals surface area contributed by atoms with E-state index in [-0.39, 0.29) is 4.91 Å². The summed E-state index contributed by atoms with van der Waals surface area (Å²) >= 11 is 1.03. The standard InChI is InChI=1S/C15H14N4O2S/c1-2-13-17-15(19-18-13)22-12(14(20)21)7-9-8-16-11-6-4-3-5-10(9)11/h3-8,16H,2H2,1H3,(H,20,21)(H,17,18,19)/b12-7-. The zero-order valence-electron chi connectivity index (χ0n) is 11.8. The fraction of sp³-hybridized carbons (Fsp3) is 0.133. The van der Waals surface area contributed by atoms with Crippen molar-refractivity contribution >= 4 is 34.7 Å². The number of nitrogens with zero attached hydrogens (tertiary/aromatic N) is 2. The van der Waals surface area contributed by atoms with Gasteiger partial charge in [-0.25, -0.2) is 9.78 Å². The molecule has 3 aromatic rings. The number of carbonyl (C=O) groups is 1. The summed E-state index contributed by atoms with van der Waals surface area (Å²) in [6.45, 7) is 1.95. The van der Waals surface area contributed by atoms with Gasteiger partial charge in [0.15, 0.2) is 0 Å². The summed E-state index contributed by atoms with van der Waals surface area (Å²) in [5.74, 6) is -0.266. The van der Waals surface area contributed by atoms with Gasteiger partial charge in [-0.3, -0.25) is 5.10 Å². The molecule has 1 aromatic carbocycles. The Balaban J connectivity index is 1.94. The number of carboxylic acids is 1. The van der Waals surface area contributed by atoms with E-state index in [1.54, 1.807) is 12.3 Å². The van der Waals surface area contributed by atoms with Crippen molar-refractivity contribution in [1.29, 1.82) is 0 Å². The van der Waals surface area contributed by atoms with Crippen LogP contribution in [0.2, 0.25) is 0 Å². The molecular formula is C15H14N4O2S. The smallest absolute Gasteiger partial charge is 0.342 e. The third-order valence-electron chi connectivity index (χ3n) is 3.17. The third-order valence-corrected chi connectivity index (χ3v) is 4.04. The van der Waals surface area contributed by atoms with E-state index in [0.717, 1.165) is 40.5 Å². The van der Waals surface area contributed by atoms with Gasteiger partial charge in [0.2, 0.25) is 5.16 Å². The Labute approximate surface area is 130 Å². The molecule has 3 rings (SSSR count). The monoisotopic (exact) mass is 314 g/mol. The summed E-state index contributed by atoms with van der Waals surface area (Å²) < 4.78 is 0. The average Bonchev–Trinajstić information content (AvgIpc) is 3.14.